The first-order chi connectivity index (χ1) is 11.7. The highest BCUT2D eigenvalue weighted by molar-refractivity contribution is 7.63. The number of nitrogens with zero attached hydrogens (tertiary/aromatic N) is 1. The zero-order valence-corrected chi connectivity index (χ0v) is 17.0. The molecular weight excluding hydrogens is 325 g/mol. The van der Waals surface area contributed by atoms with Crippen LogP contribution < -0.4 is 0 Å². The van der Waals surface area contributed by atoms with Crippen LogP contribution >= 0.6 is 7.29 Å². The van der Waals surface area contributed by atoms with Gasteiger partial charge in [0.15, 0.2) is 7.29 Å². The Labute approximate surface area is 152 Å². The molecule has 0 spiro atoms. The molecule has 0 N–H and O–H groups in total. The minimum absolute atomic E-state index is 0.0491. The van der Waals surface area contributed by atoms with E-state index in [1.54, 1.807) is 0 Å². The lowest BCUT2D eigenvalue weighted by Crippen LogP contribution is -2.15. The van der Waals surface area contributed by atoms with E-state index in [1.807, 2.05) is 18.8 Å². The molecule has 0 saturated heterocycles. The predicted octanol–water partition coefficient (Wildman–Crippen LogP) is 6.11. The Balaban J connectivity index is 2.12. The molecule has 25 heavy (non-hydrogen) atoms. The van der Waals surface area contributed by atoms with Gasteiger partial charge in [0.1, 0.15) is 0 Å². The van der Waals surface area contributed by atoms with Crippen molar-refractivity contribution in [2.45, 2.75) is 39.0 Å². The van der Waals surface area contributed by atoms with E-state index >= 15 is 0 Å². The lowest BCUT2D eigenvalue weighted by atomic mass is 10.0. The van der Waals surface area contributed by atoms with Crippen LogP contribution in [0.4, 0.5) is 0 Å². The lowest BCUT2D eigenvalue weighted by molar-refractivity contribution is 0.505. The Morgan fingerprint density at radius 3 is 1.28 bits per heavy atom. The number of rotatable bonds is 3. The quantitative estimate of drug-likeness (QED) is 0.490. The Morgan fingerprint density at radius 1 is 0.680 bits per heavy atom. The van der Waals surface area contributed by atoms with Gasteiger partial charge in [-0.05, 0) is 52.9 Å². The first-order valence-corrected chi connectivity index (χ1v) is 10.6. The van der Waals surface area contributed by atoms with Gasteiger partial charge in [0.05, 0.1) is 11.3 Å². The van der Waals surface area contributed by atoms with Gasteiger partial charge in [-0.3, -0.25) is 4.67 Å². The van der Waals surface area contributed by atoms with Crippen LogP contribution in [0.5, 0.6) is 0 Å². The third-order valence-corrected chi connectivity index (χ3v) is 8.85. The molecule has 1 heterocycles. The van der Waals surface area contributed by atoms with Gasteiger partial charge in [-0.2, -0.15) is 0 Å². The zero-order chi connectivity index (χ0) is 18.4. The number of aryl methyl sites for hydroxylation is 4. The van der Waals surface area contributed by atoms with Crippen LogP contribution in [0.25, 0.3) is 0 Å². The summed E-state index contributed by atoms with van der Waals surface area (Å²) in [5, 5.41) is 0. The summed E-state index contributed by atoms with van der Waals surface area (Å²) in [6, 6.07) is 13.1. The number of hydrogen-bond donors (Lipinski definition) is 0. The number of benzene rings is 2. The smallest absolute Gasteiger partial charge is 0.171 e. The van der Waals surface area contributed by atoms with Crippen molar-refractivity contribution < 1.29 is 4.57 Å². The first kappa shape index (κ1) is 18.2. The van der Waals surface area contributed by atoms with Gasteiger partial charge in [0.25, 0.3) is 0 Å². The molecule has 2 aromatic carbocycles. The van der Waals surface area contributed by atoms with Crippen molar-refractivity contribution in [2.75, 3.05) is 14.1 Å². The van der Waals surface area contributed by atoms with Gasteiger partial charge in [0, 0.05) is 0 Å². The van der Waals surface area contributed by atoms with Gasteiger partial charge in [-0.1, -0.05) is 70.8 Å². The van der Waals surface area contributed by atoms with E-state index in [0.717, 1.165) is 11.1 Å². The van der Waals surface area contributed by atoms with Crippen molar-refractivity contribution in [1.29, 1.82) is 0 Å². The molecule has 3 atom stereocenters. The van der Waals surface area contributed by atoms with Crippen molar-refractivity contribution in [2.24, 2.45) is 0 Å². The average Bonchev–Trinajstić information content (AvgIpc) is 2.84. The SMILES string of the molecule is Cc1cc(C)cc([C@H]2C=C[C@@H](c3cc(C)cc(C)c3)P2(=O)N(C)C)c1. The molecule has 0 aliphatic carbocycles. The standard InChI is InChI=1S/C22H28NOP/c1-15-9-16(2)12-19(11-15)21-7-8-22(25(21,24)23(5)6)20-13-17(3)10-18(4)14-20/h7-14,21-22H,1-6H3/t21-,22+,25?. The summed E-state index contributed by atoms with van der Waals surface area (Å²) in [5.74, 6) is 0. The highest BCUT2D eigenvalue weighted by atomic mass is 31.2. The molecule has 1 unspecified atom stereocenters. The van der Waals surface area contributed by atoms with E-state index < -0.39 is 7.29 Å². The van der Waals surface area contributed by atoms with E-state index in [1.165, 1.54) is 22.3 Å². The molecule has 3 rings (SSSR count). The maximum absolute atomic E-state index is 14.3. The fourth-order valence-electron chi connectivity index (χ4n) is 4.14. The Morgan fingerprint density at radius 2 is 1.00 bits per heavy atom. The minimum Gasteiger partial charge on any atom is -0.305 e. The molecule has 0 fully saturated rings. The van der Waals surface area contributed by atoms with E-state index in [0.29, 0.717) is 0 Å². The van der Waals surface area contributed by atoms with Crippen molar-refractivity contribution in [3.8, 4) is 0 Å². The molecule has 0 saturated carbocycles. The summed E-state index contributed by atoms with van der Waals surface area (Å²) in [6.45, 7) is 8.43. The lowest BCUT2D eigenvalue weighted by Gasteiger charge is -2.33. The molecule has 0 bridgehead atoms. The van der Waals surface area contributed by atoms with Crippen molar-refractivity contribution >= 4 is 7.29 Å². The summed E-state index contributed by atoms with van der Waals surface area (Å²) >= 11 is 0. The fraction of sp³-hybridized carbons (Fsp3) is 0.364. The largest absolute Gasteiger partial charge is 0.305 e. The highest BCUT2D eigenvalue weighted by Gasteiger charge is 2.46. The summed E-state index contributed by atoms with van der Waals surface area (Å²) < 4.78 is 16.3. The van der Waals surface area contributed by atoms with Crippen LogP contribution in [0.15, 0.2) is 48.6 Å². The normalized spacial score (nSPS) is 25.7. The number of allylic oxidation sites excluding steroid dienone is 2. The van der Waals surface area contributed by atoms with Crippen LogP contribution in [0.2, 0.25) is 0 Å². The second-order valence-electron chi connectivity index (χ2n) is 7.64. The van der Waals surface area contributed by atoms with E-state index in [4.69, 9.17) is 0 Å². The first-order valence-electron chi connectivity index (χ1n) is 8.83. The van der Waals surface area contributed by atoms with Crippen molar-refractivity contribution in [1.82, 2.24) is 4.67 Å². The molecule has 0 aromatic heterocycles. The maximum Gasteiger partial charge on any atom is 0.171 e. The summed E-state index contributed by atoms with van der Waals surface area (Å²) in [5.41, 5.74) is 7.13. The molecule has 2 aromatic rings. The molecule has 3 heteroatoms. The van der Waals surface area contributed by atoms with Crippen LogP contribution in [0.3, 0.4) is 0 Å². The second kappa shape index (κ2) is 6.59. The second-order valence-corrected chi connectivity index (χ2v) is 10.9. The van der Waals surface area contributed by atoms with Crippen LogP contribution in [0, 0.1) is 27.7 Å². The van der Waals surface area contributed by atoms with Gasteiger partial charge in [-0.15, -0.1) is 0 Å². The summed E-state index contributed by atoms with van der Waals surface area (Å²) in [7, 11) is 1.25. The Bertz CT molecular complexity index is 776. The van der Waals surface area contributed by atoms with Gasteiger partial charge in [0.2, 0.25) is 0 Å². The predicted molar refractivity (Wildman–Crippen MR) is 108 cm³/mol. The van der Waals surface area contributed by atoms with Crippen molar-refractivity contribution in [3.05, 3.63) is 81.9 Å². The fourth-order valence-corrected chi connectivity index (χ4v) is 7.32. The zero-order valence-electron chi connectivity index (χ0n) is 16.1. The Hall–Kier alpha value is -1.63. The van der Waals surface area contributed by atoms with E-state index in [2.05, 4.69) is 76.2 Å². The maximum atomic E-state index is 14.3. The van der Waals surface area contributed by atoms with Gasteiger partial charge in [-0.25, -0.2) is 0 Å². The highest BCUT2D eigenvalue weighted by Crippen LogP contribution is 2.74. The minimum atomic E-state index is -2.66. The van der Waals surface area contributed by atoms with Crippen LogP contribution in [-0.2, 0) is 4.57 Å². The van der Waals surface area contributed by atoms with Crippen LogP contribution in [0.1, 0.15) is 44.7 Å². The molecule has 0 amide bonds. The molecule has 132 valence electrons. The molecule has 2 nitrogen and oxygen atoms in total. The molecule has 1 aliphatic rings. The summed E-state index contributed by atoms with van der Waals surface area (Å²) in [6.07, 6.45) is 4.33. The molecule has 0 radical (unpaired) electrons. The molecular formula is C22H28NOP. The van der Waals surface area contributed by atoms with Crippen LogP contribution in [-0.4, -0.2) is 18.8 Å². The van der Waals surface area contributed by atoms with Gasteiger partial charge < -0.3 is 4.57 Å². The molecule has 1 aliphatic heterocycles. The third kappa shape index (κ3) is 3.26. The van der Waals surface area contributed by atoms with E-state index in [9.17, 15) is 4.57 Å². The third-order valence-electron chi connectivity index (χ3n) is 5.07. The van der Waals surface area contributed by atoms with Gasteiger partial charge >= 0.3 is 0 Å². The Kier molecular flexibility index (Phi) is 4.79. The van der Waals surface area contributed by atoms with Crippen molar-refractivity contribution in [3.63, 3.8) is 0 Å². The average molecular weight is 353 g/mol. The summed E-state index contributed by atoms with van der Waals surface area (Å²) in [4.78, 5) is 0. The topological polar surface area (TPSA) is 20.3 Å². The van der Waals surface area contributed by atoms with E-state index in [-0.39, 0.29) is 11.3 Å². The number of hydrogen-bond acceptors (Lipinski definition) is 1. The monoisotopic (exact) mass is 353 g/mol.